The highest BCUT2D eigenvalue weighted by Crippen LogP contribution is 2.28. The van der Waals surface area contributed by atoms with Gasteiger partial charge in [0.2, 0.25) is 5.91 Å². The van der Waals surface area contributed by atoms with Crippen LogP contribution in [0.4, 0.5) is 0 Å². The van der Waals surface area contributed by atoms with Crippen LogP contribution in [-0.4, -0.2) is 21.6 Å². The first-order valence-electron chi connectivity index (χ1n) is 10.3. The third-order valence-electron chi connectivity index (χ3n) is 5.50. The van der Waals surface area contributed by atoms with Crippen molar-refractivity contribution in [3.63, 3.8) is 0 Å². The Bertz CT molecular complexity index is 1310. The van der Waals surface area contributed by atoms with Crippen LogP contribution in [0.15, 0.2) is 65.8 Å². The summed E-state index contributed by atoms with van der Waals surface area (Å²) < 4.78 is 1.17. The highest BCUT2D eigenvalue weighted by molar-refractivity contribution is 7.18. The summed E-state index contributed by atoms with van der Waals surface area (Å²) in [4.78, 5) is 26.4. The van der Waals surface area contributed by atoms with Crippen LogP contribution in [0, 0.1) is 6.92 Å². The summed E-state index contributed by atoms with van der Waals surface area (Å²) >= 11 is 1.69. The van der Waals surface area contributed by atoms with E-state index < -0.39 is 0 Å². The summed E-state index contributed by atoms with van der Waals surface area (Å²) in [7, 11) is 0. The van der Waals surface area contributed by atoms with Crippen molar-refractivity contribution in [3.8, 4) is 0 Å². The predicted octanol–water partition coefficient (Wildman–Crippen LogP) is 4.77. The molecule has 4 aromatic rings. The molecule has 0 fully saturated rings. The molecule has 0 spiro atoms. The SMILES string of the molecule is Cc1nc2ccc(C3=NCc4cc(CC(=O)N[C@H](C)c5ccccc5)ncc43)cc2s1. The molecule has 1 atom stereocenters. The molecule has 5 rings (SSSR count). The highest BCUT2D eigenvalue weighted by Gasteiger charge is 2.20. The first kappa shape index (κ1) is 19.6. The van der Waals surface area contributed by atoms with Gasteiger partial charge in [-0.3, -0.25) is 14.8 Å². The molecule has 6 heteroatoms. The molecule has 0 radical (unpaired) electrons. The van der Waals surface area contributed by atoms with Gasteiger partial charge in [-0.25, -0.2) is 4.98 Å². The van der Waals surface area contributed by atoms with E-state index in [2.05, 4.69) is 33.5 Å². The molecule has 1 N–H and O–H groups in total. The maximum Gasteiger partial charge on any atom is 0.226 e. The van der Waals surface area contributed by atoms with Gasteiger partial charge >= 0.3 is 0 Å². The minimum Gasteiger partial charge on any atom is -0.349 e. The van der Waals surface area contributed by atoms with Gasteiger partial charge in [-0.05, 0) is 43.2 Å². The number of aromatic nitrogens is 2. The predicted molar refractivity (Wildman–Crippen MR) is 125 cm³/mol. The first-order chi connectivity index (χ1) is 15.1. The molecule has 0 saturated carbocycles. The smallest absolute Gasteiger partial charge is 0.226 e. The molecule has 2 aromatic heterocycles. The summed E-state index contributed by atoms with van der Waals surface area (Å²) in [6.45, 7) is 4.63. The van der Waals surface area contributed by atoms with Gasteiger partial charge in [0, 0.05) is 17.3 Å². The Morgan fingerprint density at radius 3 is 2.84 bits per heavy atom. The molecule has 0 saturated heterocycles. The van der Waals surface area contributed by atoms with Gasteiger partial charge in [-0.2, -0.15) is 0 Å². The maximum atomic E-state index is 12.5. The quantitative estimate of drug-likeness (QED) is 0.500. The van der Waals surface area contributed by atoms with Crippen LogP contribution >= 0.6 is 11.3 Å². The highest BCUT2D eigenvalue weighted by atomic mass is 32.1. The van der Waals surface area contributed by atoms with Crippen LogP contribution in [0.3, 0.4) is 0 Å². The number of amides is 1. The molecule has 3 heterocycles. The molecular weight excluding hydrogens is 404 g/mol. The lowest BCUT2D eigenvalue weighted by Crippen LogP contribution is -2.28. The molecule has 31 heavy (non-hydrogen) atoms. The zero-order valence-corrected chi connectivity index (χ0v) is 18.2. The normalized spacial score (nSPS) is 13.7. The number of fused-ring (bicyclic) bond motifs is 2. The Hall–Kier alpha value is -3.38. The van der Waals surface area contributed by atoms with Crippen LogP contribution in [0.5, 0.6) is 0 Å². The molecule has 154 valence electrons. The zero-order chi connectivity index (χ0) is 21.4. The van der Waals surface area contributed by atoms with Crippen molar-refractivity contribution in [1.29, 1.82) is 0 Å². The van der Waals surface area contributed by atoms with Crippen LogP contribution < -0.4 is 5.32 Å². The van der Waals surface area contributed by atoms with E-state index in [1.807, 2.05) is 56.4 Å². The van der Waals surface area contributed by atoms with Crippen molar-refractivity contribution < 1.29 is 4.79 Å². The lowest BCUT2D eigenvalue weighted by atomic mass is 10.0. The molecule has 5 nitrogen and oxygen atoms in total. The molecule has 1 aliphatic heterocycles. The van der Waals surface area contributed by atoms with E-state index in [1.165, 1.54) is 4.70 Å². The second-order valence-electron chi connectivity index (χ2n) is 7.79. The van der Waals surface area contributed by atoms with Crippen LogP contribution in [0.2, 0.25) is 0 Å². The van der Waals surface area contributed by atoms with E-state index in [4.69, 9.17) is 4.99 Å². The molecular formula is C25H22N4OS. The van der Waals surface area contributed by atoms with E-state index in [1.54, 1.807) is 11.3 Å². The number of hydrogen-bond donors (Lipinski definition) is 1. The molecule has 0 unspecified atom stereocenters. The Kier molecular flexibility index (Phi) is 5.08. The topological polar surface area (TPSA) is 67.2 Å². The fraction of sp³-hybridized carbons (Fsp3) is 0.200. The number of aryl methyl sites for hydroxylation is 1. The first-order valence-corrected chi connectivity index (χ1v) is 11.1. The number of nitrogens with one attached hydrogen (secondary N) is 1. The third-order valence-corrected chi connectivity index (χ3v) is 6.43. The largest absolute Gasteiger partial charge is 0.349 e. The number of aliphatic imine (C=N–C) groups is 1. The molecule has 1 amide bonds. The van der Waals surface area contributed by atoms with Crippen LogP contribution in [0.25, 0.3) is 10.2 Å². The third kappa shape index (κ3) is 3.99. The van der Waals surface area contributed by atoms with E-state index in [0.29, 0.717) is 6.54 Å². The number of carbonyl (C=O) groups is 1. The zero-order valence-electron chi connectivity index (χ0n) is 17.4. The molecule has 0 aliphatic carbocycles. The Labute approximate surface area is 184 Å². The summed E-state index contributed by atoms with van der Waals surface area (Å²) in [6.07, 6.45) is 2.11. The maximum absolute atomic E-state index is 12.5. The molecule has 2 aromatic carbocycles. The number of benzene rings is 2. The van der Waals surface area contributed by atoms with Gasteiger partial charge < -0.3 is 5.32 Å². The number of rotatable bonds is 5. The average molecular weight is 427 g/mol. The van der Waals surface area contributed by atoms with Crippen molar-refractivity contribution in [3.05, 3.63) is 93.7 Å². The van der Waals surface area contributed by atoms with E-state index in [-0.39, 0.29) is 18.4 Å². The van der Waals surface area contributed by atoms with Crippen molar-refractivity contribution >= 4 is 33.2 Å². The summed E-state index contributed by atoms with van der Waals surface area (Å²) in [5.41, 5.74) is 7.08. The Balaban J connectivity index is 1.31. The van der Waals surface area contributed by atoms with Crippen molar-refractivity contribution in [2.24, 2.45) is 4.99 Å². The van der Waals surface area contributed by atoms with E-state index >= 15 is 0 Å². The second-order valence-corrected chi connectivity index (χ2v) is 9.02. The Morgan fingerprint density at radius 2 is 2.00 bits per heavy atom. The van der Waals surface area contributed by atoms with E-state index in [0.717, 1.165) is 44.2 Å². The lowest BCUT2D eigenvalue weighted by Gasteiger charge is -2.14. The van der Waals surface area contributed by atoms with Gasteiger partial charge in [0.25, 0.3) is 0 Å². The molecule has 1 aliphatic rings. The fourth-order valence-electron chi connectivity index (χ4n) is 3.95. The van der Waals surface area contributed by atoms with Crippen LogP contribution in [-0.2, 0) is 17.8 Å². The van der Waals surface area contributed by atoms with Gasteiger partial charge in [0.1, 0.15) is 0 Å². The van der Waals surface area contributed by atoms with Crippen molar-refractivity contribution in [2.75, 3.05) is 0 Å². The van der Waals surface area contributed by atoms with Gasteiger partial charge in [0.05, 0.1) is 45.6 Å². The molecule has 0 bridgehead atoms. The minimum absolute atomic E-state index is 0.0334. The van der Waals surface area contributed by atoms with E-state index in [9.17, 15) is 4.79 Å². The van der Waals surface area contributed by atoms with Gasteiger partial charge in [-0.1, -0.05) is 36.4 Å². The van der Waals surface area contributed by atoms with Gasteiger partial charge in [-0.15, -0.1) is 11.3 Å². The van der Waals surface area contributed by atoms with Crippen molar-refractivity contribution in [1.82, 2.24) is 15.3 Å². The van der Waals surface area contributed by atoms with Crippen molar-refractivity contribution in [2.45, 2.75) is 32.9 Å². The summed E-state index contributed by atoms with van der Waals surface area (Å²) in [6, 6.07) is 18.2. The standard InChI is InChI=1S/C25H22N4OS/c1-15(17-6-4-3-5-7-17)28-24(30)12-20-10-19-13-27-25(21(19)14-26-20)18-8-9-22-23(11-18)31-16(2)29-22/h3-11,14-15H,12-13H2,1-2H3,(H,28,30)/t15-/m1/s1. The second kappa shape index (κ2) is 8.04. The van der Waals surface area contributed by atoms with Crippen LogP contribution in [0.1, 0.15) is 45.9 Å². The van der Waals surface area contributed by atoms with Gasteiger partial charge in [0.15, 0.2) is 0 Å². The number of carbonyl (C=O) groups excluding carboxylic acids is 1. The average Bonchev–Trinajstić information content (AvgIpc) is 3.35. The number of hydrogen-bond acceptors (Lipinski definition) is 5. The number of nitrogens with zero attached hydrogens (tertiary/aromatic N) is 3. The lowest BCUT2D eigenvalue weighted by molar-refractivity contribution is -0.121. The Morgan fingerprint density at radius 1 is 1.16 bits per heavy atom. The summed E-state index contributed by atoms with van der Waals surface area (Å²) in [5, 5.41) is 4.12. The number of pyridine rings is 1. The summed E-state index contributed by atoms with van der Waals surface area (Å²) in [5.74, 6) is -0.0334. The monoisotopic (exact) mass is 426 g/mol. The fourth-order valence-corrected chi connectivity index (χ4v) is 4.82. The number of thiazole rings is 1. The minimum atomic E-state index is -0.0386.